The quantitative estimate of drug-likeness (QED) is 0.812. The molecule has 0 atom stereocenters. The first-order chi connectivity index (χ1) is 8.16. The number of Topliss-reactive ketones (excluding diaryl/α,β-unsaturated/α-hetero) is 1. The number of pyridine rings is 1. The lowest BCUT2D eigenvalue weighted by Gasteiger charge is -2.02. The Morgan fingerprint density at radius 1 is 1.29 bits per heavy atom. The highest BCUT2D eigenvalue weighted by Crippen LogP contribution is 2.14. The minimum Gasteiger partial charge on any atom is -0.294 e. The normalized spacial score (nSPS) is 10.2. The lowest BCUT2D eigenvalue weighted by Crippen LogP contribution is -2.05. The largest absolute Gasteiger partial charge is 0.294 e. The smallest absolute Gasteiger partial charge is 0.168 e. The number of aromatic nitrogens is 1. The van der Waals surface area contributed by atoms with Crippen molar-refractivity contribution in [1.82, 2.24) is 4.98 Å². The fourth-order valence-corrected chi connectivity index (χ4v) is 1.85. The number of carbonyl (C=O) groups excluding carboxylic acids is 1. The van der Waals surface area contributed by atoms with E-state index in [1.807, 2.05) is 0 Å². The van der Waals surface area contributed by atoms with Crippen molar-refractivity contribution >= 4 is 21.7 Å². The van der Waals surface area contributed by atoms with Crippen LogP contribution < -0.4 is 0 Å². The maximum atomic E-state index is 13.4. The Morgan fingerprint density at radius 2 is 2.06 bits per heavy atom. The summed E-state index contributed by atoms with van der Waals surface area (Å²) in [6.07, 6.45) is 3.12. The molecule has 2 nitrogen and oxygen atoms in total. The van der Waals surface area contributed by atoms with E-state index in [1.54, 1.807) is 30.5 Å². The molecule has 0 saturated heterocycles. The van der Waals surface area contributed by atoms with Crippen LogP contribution in [-0.4, -0.2) is 10.8 Å². The van der Waals surface area contributed by atoms with Crippen LogP contribution >= 0.6 is 15.9 Å². The van der Waals surface area contributed by atoms with Gasteiger partial charge in [-0.3, -0.25) is 9.78 Å². The Morgan fingerprint density at radius 3 is 2.76 bits per heavy atom. The van der Waals surface area contributed by atoms with Gasteiger partial charge >= 0.3 is 0 Å². The minimum atomic E-state index is -0.358. The lowest BCUT2D eigenvalue weighted by atomic mass is 10.0. The molecule has 86 valence electrons. The van der Waals surface area contributed by atoms with Crippen LogP contribution in [0.2, 0.25) is 0 Å². The van der Waals surface area contributed by atoms with Crippen molar-refractivity contribution in [2.24, 2.45) is 0 Å². The summed E-state index contributed by atoms with van der Waals surface area (Å²) in [6.45, 7) is 0. The molecular formula is C13H9BrFNO. The highest BCUT2D eigenvalue weighted by atomic mass is 79.9. The molecule has 1 aromatic heterocycles. The molecule has 1 aromatic carbocycles. The average Bonchev–Trinajstić information content (AvgIpc) is 2.32. The van der Waals surface area contributed by atoms with Crippen LogP contribution in [0, 0.1) is 5.82 Å². The summed E-state index contributed by atoms with van der Waals surface area (Å²) in [4.78, 5) is 15.8. The number of hydrogen-bond acceptors (Lipinski definition) is 2. The molecule has 17 heavy (non-hydrogen) atoms. The number of benzene rings is 1. The van der Waals surface area contributed by atoms with Crippen molar-refractivity contribution in [2.45, 2.75) is 6.42 Å². The maximum absolute atomic E-state index is 13.4. The second-order valence-electron chi connectivity index (χ2n) is 3.58. The molecule has 1 heterocycles. The number of nitrogens with zero attached hydrogens (tertiary/aromatic N) is 1. The van der Waals surface area contributed by atoms with Crippen LogP contribution in [0.4, 0.5) is 4.39 Å². The molecule has 0 unspecified atom stereocenters. The summed E-state index contributed by atoms with van der Waals surface area (Å²) in [5.41, 5.74) is 0.875. The van der Waals surface area contributed by atoms with E-state index >= 15 is 0 Å². The van der Waals surface area contributed by atoms with Crippen molar-refractivity contribution in [3.8, 4) is 0 Å². The van der Waals surface area contributed by atoms with Crippen LogP contribution in [0.5, 0.6) is 0 Å². The highest BCUT2D eigenvalue weighted by Gasteiger charge is 2.10. The molecule has 0 N–H and O–H groups in total. The summed E-state index contributed by atoms with van der Waals surface area (Å²) in [5.74, 6) is -0.507. The van der Waals surface area contributed by atoms with Crippen LogP contribution in [0.15, 0.2) is 47.2 Å². The van der Waals surface area contributed by atoms with Gasteiger partial charge in [0.2, 0.25) is 0 Å². The molecule has 2 aromatic rings. The zero-order valence-corrected chi connectivity index (χ0v) is 10.4. The predicted octanol–water partition coefficient (Wildman–Crippen LogP) is 3.41. The fraction of sp³-hybridized carbons (Fsp3) is 0.0769. The zero-order valence-electron chi connectivity index (χ0n) is 8.86. The lowest BCUT2D eigenvalue weighted by molar-refractivity contribution is 0.0991. The van der Waals surface area contributed by atoms with Gasteiger partial charge in [-0.1, -0.05) is 18.2 Å². The molecule has 0 spiro atoms. The number of carbonyl (C=O) groups is 1. The van der Waals surface area contributed by atoms with Gasteiger partial charge in [0.1, 0.15) is 5.82 Å². The van der Waals surface area contributed by atoms with E-state index in [4.69, 9.17) is 0 Å². The summed E-state index contributed by atoms with van der Waals surface area (Å²) < 4.78 is 14.1. The number of hydrogen-bond donors (Lipinski definition) is 0. The standard InChI is InChI=1S/C13H9BrFNO/c14-11-5-10(7-16-8-11)13(17)6-9-3-1-2-4-12(9)15/h1-5,7-8H,6H2. The van der Waals surface area contributed by atoms with E-state index in [9.17, 15) is 9.18 Å². The third kappa shape index (κ3) is 2.97. The molecule has 0 aliphatic rings. The Bertz CT molecular complexity index is 557. The summed E-state index contributed by atoms with van der Waals surface area (Å²) in [6, 6.07) is 7.95. The molecule has 0 aliphatic carbocycles. The van der Waals surface area contributed by atoms with Gasteiger partial charge in [0.15, 0.2) is 5.78 Å². The van der Waals surface area contributed by atoms with E-state index < -0.39 is 0 Å². The maximum Gasteiger partial charge on any atom is 0.168 e. The van der Waals surface area contributed by atoms with Crippen LogP contribution in [-0.2, 0) is 6.42 Å². The average molecular weight is 294 g/mol. The van der Waals surface area contributed by atoms with Crippen molar-refractivity contribution in [1.29, 1.82) is 0 Å². The summed E-state index contributed by atoms with van der Waals surface area (Å²) in [7, 11) is 0. The second-order valence-corrected chi connectivity index (χ2v) is 4.50. The van der Waals surface area contributed by atoms with Crippen LogP contribution in [0.25, 0.3) is 0 Å². The van der Waals surface area contributed by atoms with Gasteiger partial charge in [-0.25, -0.2) is 4.39 Å². The van der Waals surface area contributed by atoms with Crippen molar-refractivity contribution in [3.05, 3.63) is 64.1 Å². The zero-order chi connectivity index (χ0) is 12.3. The van der Waals surface area contributed by atoms with Gasteiger partial charge in [-0.2, -0.15) is 0 Å². The predicted molar refractivity (Wildman–Crippen MR) is 66.4 cm³/mol. The van der Waals surface area contributed by atoms with E-state index in [1.165, 1.54) is 12.3 Å². The Hall–Kier alpha value is -1.55. The van der Waals surface area contributed by atoms with E-state index in [2.05, 4.69) is 20.9 Å². The monoisotopic (exact) mass is 293 g/mol. The van der Waals surface area contributed by atoms with Gasteiger partial charge in [0.05, 0.1) is 0 Å². The SMILES string of the molecule is O=C(Cc1ccccc1F)c1cncc(Br)c1. The number of ketones is 1. The number of rotatable bonds is 3. The van der Waals surface area contributed by atoms with Gasteiger partial charge in [-0.15, -0.1) is 0 Å². The van der Waals surface area contributed by atoms with Crippen LogP contribution in [0.3, 0.4) is 0 Å². The van der Waals surface area contributed by atoms with Gasteiger partial charge < -0.3 is 0 Å². The van der Waals surface area contributed by atoms with Crippen molar-refractivity contribution in [2.75, 3.05) is 0 Å². The van der Waals surface area contributed by atoms with Crippen molar-refractivity contribution < 1.29 is 9.18 Å². The van der Waals surface area contributed by atoms with Crippen molar-refractivity contribution in [3.63, 3.8) is 0 Å². The van der Waals surface area contributed by atoms with Crippen LogP contribution in [0.1, 0.15) is 15.9 Å². The van der Waals surface area contributed by atoms with Gasteiger partial charge in [0, 0.05) is 28.9 Å². The molecule has 0 saturated carbocycles. The Kier molecular flexibility index (Phi) is 3.64. The highest BCUT2D eigenvalue weighted by molar-refractivity contribution is 9.10. The molecule has 0 aliphatic heterocycles. The number of halogens is 2. The first-order valence-electron chi connectivity index (χ1n) is 5.04. The molecule has 2 rings (SSSR count). The van der Waals surface area contributed by atoms with E-state index in [0.717, 1.165) is 4.47 Å². The van der Waals surface area contributed by atoms with Gasteiger partial charge in [-0.05, 0) is 33.6 Å². The summed E-state index contributed by atoms with van der Waals surface area (Å²) >= 11 is 3.24. The Balaban J connectivity index is 2.20. The molecule has 4 heteroatoms. The van der Waals surface area contributed by atoms with E-state index in [0.29, 0.717) is 11.1 Å². The molecular weight excluding hydrogens is 285 g/mol. The molecule has 0 amide bonds. The molecule has 0 radical (unpaired) electrons. The third-order valence-corrected chi connectivity index (χ3v) is 2.77. The second kappa shape index (κ2) is 5.19. The molecule has 0 bridgehead atoms. The Labute approximate surface area is 107 Å². The summed E-state index contributed by atoms with van der Waals surface area (Å²) in [5, 5.41) is 0. The fourth-order valence-electron chi connectivity index (χ4n) is 1.48. The minimum absolute atomic E-state index is 0.0464. The topological polar surface area (TPSA) is 30.0 Å². The first kappa shape index (κ1) is 11.9. The van der Waals surface area contributed by atoms with Gasteiger partial charge in [0.25, 0.3) is 0 Å². The first-order valence-corrected chi connectivity index (χ1v) is 5.83. The van der Waals surface area contributed by atoms with E-state index in [-0.39, 0.29) is 18.0 Å². The third-order valence-electron chi connectivity index (χ3n) is 2.34. The molecule has 0 fully saturated rings.